The van der Waals surface area contributed by atoms with E-state index in [0.717, 1.165) is 5.39 Å². The number of nitrogens with zero attached hydrogens (tertiary/aromatic N) is 3. The van der Waals surface area contributed by atoms with E-state index in [9.17, 15) is 4.79 Å². The Kier molecular flexibility index (Phi) is 2.67. The molecule has 2 atom stereocenters. The second-order valence-corrected chi connectivity index (χ2v) is 4.47. The standard InChI is InChI=1S/C11H13N5O2/c17-11(18)6-1-2-12-8(3-6)10-13-4-7-5-14-16-9(7)15-10/h4-6,8,12H,1-3H2,(H,17,18)(H,13,14,15,16). The van der Waals surface area contributed by atoms with Crippen LogP contribution < -0.4 is 5.32 Å². The van der Waals surface area contributed by atoms with Crippen molar-refractivity contribution in [3.05, 3.63) is 18.2 Å². The van der Waals surface area contributed by atoms with Gasteiger partial charge in [0, 0.05) is 6.20 Å². The molecule has 1 fully saturated rings. The number of carboxylic acids is 1. The summed E-state index contributed by atoms with van der Waals surface area (Å²) in [6, 6.07) is -0.104. The van der Waals surface area contributed by atoms with Crippen molar-refractivity contribution in [1.82, 2.24) is 25.5 Å². The molecule has 3 N–H and O–H groups in total. The highest BCUT2D eigenvalue weighted by Gasteiger charge is 2.29. The third-order valence-corrected chi connectivity index (χ3v) is 3.27. The number of fused-ring (bicyclic) bond motifs is 1. The van der Waals surface area contributed by atoms with Gasteiger partial charge in [0.2, 0.25) is 0 Å². The zero-order chi connectivity index (χ0) is 12.5. The Morgan fingerprint density at radius 2 is 2.33 bits per heavy atom. The van der Waals surface area contributed by atoms with Gasteiger partial charge in [-0.05, 0) is 19.4 Å². The van der Waals surface area contributed by atoms with Gasteiger partial charge in [-0.25, -0.2) is 9.97 Å². The van der Waals surface area contributed by atoms with E-state index in [4.69, 9.17) is 5.11 Å². The SMILES string of the molecule is O=C(O)C1CCNC(c2ncc3cn[nH]c3n2)C1. The third kappa shape index (κ3) is 1.92. The molecule has 1 saturated heterocycles. The lowest BCUT2D eigenvalue weighted by Gasteiger charge is -2.26. The maximum Gasteiger partial charge on any atom is 0.306 e. The first-order valence-electron chi connectivity index (χ1n) is 5.86. The largest absolute Gasteiger partial charge is 0.481 e. The van der Waals surface area contributed by atoms with E-state index in [0.29, 0.717) is 30.9 Å². The summed E-state index contributed by atoms with van der Waals surface area (Å²) in [5.74, 6) is -0.445. The van der Waals surface area contributed by atoms with Crippen LogP contribution in [0.5, 0.6) is 0 Å². The van der Waals surface area contributed by atoms with E-state index in [1.54, 1.807) is 12.4 Å². The van der Waals surface area contributed by atoms with Gasteiger partial charge in [0.1, 0.15) is 5.82 Å². The van der Waals surface area contributed by atoms with Crippen LogP contribution in [0.3, 0.4) is 0 Å². The van der Waals surface area contributed by atoms with Gasteiger partial charge >= 0.3 is 5.97 Å². The first kappa shape index (κ1) is 11.1. The molecule has 7 nitrogen and oxygen atoms in total. The van der Waals surface area contributed by atoms with E-state index < -0.39 is 5.97 Å². The van der Waals surface area contributed by atoms with E-state index in [1.807, 2.05) is 0 Å². The molecular weight excluding hydrogens is 234 g/mol. The number of carbonyl (C=O) groups is 1. The van der Waals surface area contributed by atoms with Crippen molar-refractivity contribution in [3.8, 4) is 0 Å². The summed E-state index contributed by atoms with van der Waals surface area (Å²) in [5.41, 5.74) is 0.680. The predicted octanol–water partition coefficient (Wildman–Crippen LogP) is 0.478. The summed E-state index contributed by atoms with van der Waals surface area (Å²) < 4.78 is 0. The first-order chi connectivity index (χ1) is 8.74. The average Bonchev–Trinajstić information content (AvgIpc) is 2.86. The number of aromatic nitrogens is 4. The lowest BCUT2D eigenvalue weighted by molar-refractivity contribution is -0.143. The van der Waals surface area contributed by atoms with Gasteiger partial charge in [-0.15, -0.1) is 0 Å². The molecule has 0 aliphatic carbocycles. The van der Waals surface area contributed by atoms with Gasteiger partial charge in [-0.1, -0.05) is 0 Å². The van der Waals surface area contributed by atoms with Crippen molar-refractivity contribution < 1.29 is 9.90 Å². The molecule has 0 bridgehead atoms. The van der Waals surface area contributed by atoms with Gasteiger partial charge in [0.05, 0.1) is 23.5 Å². The highest BCUT2D eigenvalue weighted by Crippen LogP contribution is 2.25. The summed E-state index contributed by atoms with van der Waals surface area (Å²) >= 11 is 0. The fraction of sp³-hybridized carbons (Fsp3) is 0.455. The predicted molar refractivity (Wildman–Crippen MR) is 62.8 cm³/mol. The number of aliphatic carboxylic acids is 1. The Bertz CT molecular complexity index is 582. The molecule has 0 radical (unpaired) electrons. The number of aromatic amines is 1. The van der Waals surface area contributed by atoms with Gasteiger partial charge in [0.25, 0.3) is 0 Å². The fourth-order valence-electron chi connectivity index (χ4n) is 2.26. The quantitative estimate of drug-likeness (QED) is 0.713. The van der Waals surface area contributed by atoms with E-state index in [2.05, 4.69) is 25.5 Å². The molecule has 2 aromatic heterocycles. The minimum Gasteiger partial charge on any atom is -0.481 e. The molecule has 0 aromatic carbocycles. The molecule has 1 aliphatic heterocycles. The Morgan fingerprint density at radius 1 is 1.44 bits per heavy atom. The van der Waals surface area contributed by atoms with Crippen LogP contribution in [0.2, 0.25) is 0 Å². The van der Waals surface area contributed by atoms with Gasteiger partial charge in [0.15, 0.2) is 5.65 Å². The normalized spacial score (nSPS) is 24.2. The van der Waals surface area contributed by atoms with Crippen LogP contribution in [0.25, 0.3) is 11.0 Å². The molecule has 0 amide bonds. The van der Waals surface area contributed by atoms with Gasteiger partial charge in [-0.3, -0.25) is 9.89 Å². The fourth-order valence-corrected chi connectivity index (χ4v) is 2.26. The van der Waals surface area contributed by atoms with Crippen LogP contribution in [0.4, 0.5) is 0 Å². The number of hydrogen-bond acceptors (Lipinski definition) is 5. The Morgan fingerprint density at radius 3 is 3.17 bits per heavy atom. The van der Waals surface area contributed by atoms with Crippen LogP contribution >= 0.6 is 0 Å². The summed E-state index contributed by atoms with van der Waals surface area (Å²) in [4.78, 5) is 19.7. The molecule has 3 rings (SSSR count). The van der Waals surface area contributed by atoms with Crippen LogP contribution in [0.15, 0.2) is 12.4 Å². The molecule has 7 heteroatoms. The van der Waals surface area contributed by atoms with Crippen LogP contribution in [-0.2, 0) is 4.79 Å². The van der Waals surface area contributed by atoms with Gasteiger partial charge < -0.3 is 10.4 Å². The van der Waals surface area contributed by atoms with Crippen molar-refractivity contribution in [2.45, 2.75) is 18.9 Å². The monoisotopic (exact) mass is 247 g/mol. The number of carboxylic acid groups (broad SMARTS) is 1. The molecular formula is C11H13N5O2. The summed E-state index contributed by atoms with van der Waals surface area (Å²) in [5, 5.41) is 19.8. The third-order valence-electron chi connectivity index (χ3n) is 3.27. The zero-order valence-corrected chi connectivity index (χ0v) is 9.63. The highest BCUT2D eigenvalue weighted by molar-refractivity contribution is 5.72. The second-order valence-electron chi connectivity index (χ2n) is 4.47. The zero-order valence-electron chi connectivity index (χ0n) is 9.63. The van der Waals surface area contributed by atoms with E-state index >= 15 is 0 Å². The van der Waals surface area contributed by atoms with Crippen LogP contribution in [0.1, 0.15) is 24.7 Å². The molecule has 2 aromatic rings. The van der Waals surface area contributed by atoms with Crippen molar-refractivity contribution >= 4 is 17.0 Å². The average molecular weight is 247 g/mol. The lowest BCUT2D eigenvalue weighted by atomic mass is 9.92. The Balaban J connectivity index is 1.86. The molecule has 0 spiro atoms. The van der Waals surface area contributed by atoms with Crippen LogP contribution in [0, 0.1) is 5.92 Å². The summed E-state index contributed by atoms with van der Waals surface area (Å²) in [7, 11) is 0. The number of piperidine rings is 1. The highest BCUT2D eigenvalue weighted by atomic mass is 16.4. The minimum atomic E-state index is -0.746. The molecule has 1 aliphatic rings. The second kappa shape index (κ2) is 4.34. The van der Waals surface area contributed by atoms with Crippen LogP contribution in [-0.4, -0.2) is 37.8 Å². The Hall–Kier alpha value is -2.02. The van der Waals surface area contributed by atoms with Crippen molar-refractivity contribution in [2.24, 2.45) is 5.92 Å². The maximum absolute atomic E-state index is 11.0. The minimum absolute atomic E-state index is 0.104. The number of nitrogens with one attached hydrogen (secondary N) is 2. The number of hydrogen-bond donors (Lipinski definition) is 3. The first-order valence-corrected chi connectivity index (χ1v) is 5.86. The number of H-pyrrole nitrogens is 1. The van der Waals surface area contributed by atoms with E-state index in [-0.39, 0.29) is 12.0 Å². The van der Waals surface area contributed by atoms with Crippen molar-refractivity contribution in [3.63, 3.8) is 0 Å². The lowest BCUT2D eigenvalue weighted by Crippen LogP contribution is -2.35. The van der Waals surface area contributed by atoms with Gasteiger partial charge in [-0.2, -0.15) is 5.10 Å². The molecule has 2 unspecified atom stereocenters. The molecule has 18 heavy (non-hydrogen) atoms. The van der Waals surface area contributed by atoms with Crippen molar-refractivity contribution in [2.75, 3.05) is 6.54 Å². The molecule has 0 saturated carbocycles. The molecule has 94 valence electrons. The summed E-state index contributed by atoms with van der Waals surface area (Å²) in [6.07, 6.45) is 4.54. The Labute approximate surface area is 103 Å². The molecule has 3 heterocycles. The van der Waals surface area contributed by atoms with E-state index in [1.165, 1.54) is 0 Å². The smallest absolute Gasteiger partial charge is 0.306 e. The summed E-state index contributed by atoms with van der Waals surface area (Å²) in [6.45, 7) is 0.673. The topological polar surface area (TPSA) is 104 Å². The number of rotatable bonds is 2. The van der Waals surface area contributed by atoms with Crippen molar-refractivity contribution in [1.29, 1.82) is 0 Å². The maximum atomic E-state index is 11.0.